The van der Waals surface area contributed by atoms with Crippen LogP contribution in [0.1, 0.15) is 5.69 Å². The molecule has 3 nitrogen and oxygen atoms in total. The van der Waals surface area contributed by atoms with Crippen LogP contribution in [0.4, 0.5) is 0 Å². The van der Waals surface area contributed by atoms with Crippen LogP contribution < -0.4 is 9.67 Å². The summed E-state index contributed by atoms with van der Waals surface area (Å²) in [5.74, 6) is -1.07. The third-order valence-corrected chi connectivity index (χ3v) is 1.47. The summed E-state index contributed by atoms with van der Waals surface area (Å²) in [6.07, 6.45) is 1.71. The van der Waals surface area contributed by atoms with Crippen molar-refractivity contribution in [1.29, 1.82) is 0 Å². The highest BCUT2D eigenvalue weighted by atomic mass is 16.4. The number of carbonyl (C=O) groups excluding carboxylic acids is 1. The van der Waals surface area contributed by atoms with Crippen LogP contribution in [0.2, 0.25) is 0 Å². The first kappa shape index (κ1) is 7.72. The molecule has 0 spiro atoms. The summed E-state index contributed by atoms with van der Waals surface area (Å²) in [5, 5.41) is 10.2. The molecule has 1 aromatic heterocycles. The van der Waals surface area contributed by atoms with Crippen LogP contribution in [-0.2, 0) is 11.3 Å². The molecule has 0 aliphatic carbocycles. The fraction of sp³-hybridized carbons (Fsp3) is 0.250. The highest BCUT2D eigenvalue weighted by molar-refractivity contribution is 5.62. The number of aromatic nitrogens is 1. The summed E-state index contributed by atoms with van der Waals surface area (Å²) in [6, 6.07) is 5.50. The van der Waals surface area contributed by atoms with E-state index in [9.17, 15) is 9.90 Å². The highest BCUT2D eigenvalue weighted by Gasteiger charge is 2.02. The van der Waals surface area contributed by atoms with Gasteiger partial charge in [0.2, 0.25) is 0 Å². The Bertz CT molecular complexity index is 271. The number of nitrogens with zero attached hydrogens (tertiary/aromatic N) is 1. The van der Waals surface area contributed by atoms with Crippen molar-refractivity contribution in [3.63, 3.8) is 0 Å². The number of hydrogen-bond donors (Lipinski definition) is 0. The molecule has 0 atom stereocenters. The number of hydrogen-bond acceptors (Lipinski definition) is 2. The lowest BCUT2D eigenvalue weighted by Gasteiger charge is -1.99. The Kier molecular flexibility index (Phi) is 2.21. The molecule has 0 aromatic carbocycles. The Labute approximate surface area is 64.9 Å². The molecule has 0 saturated heterocycles. The second-order valence-electron chi connectivity index (χ2n) is 2.34. The molecule has 1 aromatic rings. The van der Waals surface area contributed by atoms with Gasteiger partial charge in [0.1, 0.15) is 5.97 Å². The first-order valence-electron chi connectivity index (χ1n) is 3.35. The van der Waals surface area contributed by atoms with Gasteiger partial charge in [-0.15, -0.1) is 0 Å². The average molecular weight is 151 g/mol. The van der Waals surface area contributed by atoms with E-state index >= 15 is 0 Å². The van der Waals surface area contributed by atoms with Gasteiger partial charge in [-0.3, -0.25) is 0 Å². The molecule has 0 saturated carbocycles. The average Bonchev–Trinajstić information content (AvgIpc) is 1.93. The summed E-state index contributed by atoms with van der Waals surface area (Å²) < 4.78 is 1.62. The number of aryl methyl sites for hydroxylation is 1. The number of carboxylic acid groups (broad SMARTS) is 1. The summed E-state index contributed by atoms with van der Waals surface area (Å²) in [7, 11) is 0. The molecule has 0 aliphatic heterocycles. The Balaban J connectivity index is 2.86. The second kappa shape index (κ2) is 3.14. The van der Waals surface area contributed by atoms with Crippen LogP contribution >= 0.6 is 0 Å². The van der Waals surface area contributed by atoms with E-state index in [1.54, 1.807) is 16.8 Å². The minimum Gasteiger partial charge on any atom is -0.544 e. The maximum Gasteiger partial charge on any atom is 0.188 e. The quantitative estimate of drug-likeness (QED) is 0.510. The third-order valence-electron chi connectivity index (χ3n) is 1.47. The van der Waals surface area contributed by atoms with Crippen molar-refractivity contribution < 1.29 is 14.5 Å². The molecular weight excluding hydrogens is 142 g/mol. The molecule has 58 valence electrons. The van der Waals surface area contributed by atoms with E-state index in [1.165, 1.54) is 0 Å². The molecule has 0 fully saturated rings. The normalized spacial score (nSPS) is 9.55. The summed E-state index contributed by atoms with van der Waals surface area (Å²) in [6.45, 7) is 1.77. The van der Waals surface area contributed by atoms with Crippen LogP contribution in [0, 0.1) is 6.92 Å². The smallest absolute Gasteiger partial charge is 0.188 e. The fourth-order valence-corrected chi connectivity index (χ4v) is 0.878. The van der Waals surface area contributed by atoms with Crippen LogP contribution in [0.25, 0.3) is 0 Å². The lowest BCUT2D eigenvalue weighted by Crippen LogP contribution is -2.45. The molecule has 0 bridgehead atoms. The summed E-state index contributed by atoms with van der Waals surface area (Å²) >= 11 is 0. The zero-order chi connectivity index (χ0) is 8.27. The van der Waals surface area contributed by atoms with Gasteiger partial charge in [0.25, 0.3) is 0 Å². The Morgan fingerprint density at radius 1 is 1.64 bits per heavy atom. The van der Waals surface area contributed by atoms with Crippen molar-refractivity contribution in [1.82, 2.24) is 0 Å². The maximum atomic E-state index is 10.2. The standard InChI is InChI=1S/C8H9NO2/c1-7-4-2-3-5-9(7)6-8(10)11/h2-5H,6H2,1H3. The van der Waals surface area contributed by atoms with Crippen molar-refractivity contribution in [3.8, 4) is 0 Å². The van der Waals surface area contributed by atoms with Crippen molar-refractivity contribution in [2.24, 2.45) is 0 Å². The van der Waals surface area contributed by atoms with E-state index in [0.717, 1.165) is 5.69 Å². The molecule has 0 unspecified atom stereocenters. The third kappa shape index (κ3) is 2.04. The molecule has 1 heterocycles. The maximum absolute atomic E-state index is 10.2. The molecule has 1 rings (SSSR count). The lowest BCUT2D eigenvalue weighted by atomic mass is 10.3. The van der Waals surface area contributed by atoms with Gasteiger partial charge in [0.05, 0.1) is 0 Å². The van der Waals surface area contributed by atoms with Crippen LogP contribution in [0.15, 0.2) is 24.4 Å². The Hall–Kier alpha value is -1.38. The fourth-order valence-electron chi connectivity index (χ4n) is 0.878. The van der Waals surface area contributed by atoms with E-state index in [2.05, 4.69) is 0 Å². The van der Waals surface area contributed by atoms with Gasteiger partial charge in [0.15, 0.2) is 18.4 Å². The first-order chi connectivity index (χ1) is 5.20. The van der Waals surface area contributed by atoms with Crippen molar-refractivity contribution in [2.45, 2.75) is 13.5 Å². The van der Waals surface area contributed by atoms with Crippen LogP contribution in [0.3, 0.4) is 0 Å². The van der Waals surface area contributed by atoms with Gasteiger partial charge in [-0.05, 0) is 0 Å². The van der Waals surface area contributed by atoms with Gasteiger partial charge >= 0.3 is 0 Å². The van der Waals surface area contributed by atoms with E-state index in [-0.39, 0.29) is 6.54 Å². The Morgan fingerprint density at radius 2 is 2.36 bits per heavy atom. The van der Waals surface area contributed by atoms with Crippen molar-refractivity contribution >= 4 is 5.97 Å². The second-order valence-corrected chi connectivity index (χ2v) is 2.34. The number of carbonyl (C=O) groups is 1. The van der Waals surface area contributed by atoms with E-state index < -0.39 is 5.97 Å². The molecule has 11 heavy (non-hydrogen) atoms. The van der Waals surface area contributed by atoms with E-state index in [1.807, 2.05) is 19.1 Å². The van der Waals surface area contributed by atoms with E-state index in [0.29, 0.717) is 0 Å². The van der Waals surface area contributed by atoms with Gasteiger partial charge < -0.3 is 9.90 Å². The van der Waals surface area contributed by atoms with Crippen LogP contribution in [-0.4, -0.2) is 5.97 Å². The predicted octanol–water partition coefficient (Wildman–Crippen LogP) is -0.968. The monoisotopic (exact) mass is 151 g/mol. The SMILES string of the molecule is Cc1cccc[n+]1CC(=O)[O-]. The minimum atomic E-state index is -1.07. The van der Waals surface area contributed by atoms with Crippen molar-refractivity contribution in [2.75, 3.05) is 0 Å². The minimum absolute atomic E-state index is 0.0767. The van der Waals surface area contributed by atoms with E-state index in [4.69, 9.17) is 0 Å². The molecule has 0 N–H and O–H groups in total. The van der Waals surface area contributed by atoms with Crippen LogP contribution in [0.5, 0.6) is 0 Å². The predicted molar refractivity (Wildman–Crippen MR) is 36.4 cm³/mol. The van der Waals surface area contributed by atoms with Gasteiger partial charge in [-0.2, -0.15) is 4.57 Å². The largest absolute Gasteiger partial charge is 0.544 e. The van der Waals surface area contributed by atoms with Gasteiger partial charge in [-0.25, -0.2) is 0 Å². The first-order valence-corrected chi connectivity index (χ1v) is 3.35. The van der Waals surface area contributed by atoms with Gasteiger partial charge in [0, 0.05) is 19.1 Å². The van der Waals surface area contributed by atoms with Gasteiger partial charge in [-0.1, -0.05) is 6.07 Å². The number of aliphatic carboxylic acids is 1. The summed E-state index contributed by atoms with van der Waals surface area (Å²) in [4.78, 5) is 10.2. The molecule has 0 amide bonds. The zero-order valence-electron chi connectivity index (χ0n) is 6.28. The molecule has 0 aliphatic rings. The summed E-state index contributed by atoms with van der Waals surface area (Å²) in [5.41, 5.74) is 0.914. The molecule has 3 heteroatoms. The van der Waals surface area contributed by atoms with Crippen molar-refractivity contribution in [3.05, 3.63) is 30.1 Å². The molecule has 0 radical (unpaired) electrons. The number of rotatable bonds is 2. The highest BCUT2D eigenvalue weighted by Crippen LogP contribution is 1.86. The topological polar surface area (TPSA) is 44.0 Å². The zero-order valence-corrected chi connectivity index (χ0v) is 6.28. The Morgan fingerprint density at radius 3 is 2.91 bits per heavy atom. The lowest BCUT2D eigenvalue weighted by molar-refractivity contribution is -0.696. The number of carboxylic acids is 1. The molecular formula is C8H9NO2. The number of pyridine rings is 1.